The van der Waals surface area contributed by atoms with Crippen LogP contribution >= 0.6 is 35.4 Å². The van der Waals surface area contributed by atoms with Gasteiger partial charge in [-0.2, -0.15) is 0 Å². The smallest absolute Gasteiger partial charge is 0.178 e. The standard InChI is InChI=1S/C14H11Cl2N3S/c1-8(10-3-2-9(15)6-11(10)16)19-13-4-5-17-7-12(13)18-14(19)20/h2-8H,1H3,(H,18,20). The largest absolute Gasteiger partial charge is 0.329 e. The fraction of sp³-hybridized carbons (Fsp3) is 0.143. The SMILES string of the molecule is CC(c1ccc(Cl)cc1Cl)n1c(=S)[nH]c2cnccc21. The first-order chi connectivity index (χ1) is 9.58. The van der Waals surface area contributed by atoms with Crippen molar-refractivity contribution in [2.75, 3.05) is 0 Å². The molecule has 1 unspecified atom stereocenters. The molecule has 1 aromatic carbocycles. The lowest BCUT2D eigenvalue weighted by atomic mass is 10.1. The molecule has 0 aliphatic carbocycles. The predicted molar refractivity (Wildman–Crippen MR) is 85.2 cm³/mol. The van der Waals surface area contributed by atoms with Crippen molar-refractivity contribution < 1.29 is 0 Å². The van der Waals surface area contributed by atoms with Crippen molar-refractivity contribution in [2.24, 2.45) is 0 Å². The molecule has 1 atom stereocenters. The van der Waals surface area contributed by atoms with E-state index in [0.29, 0.717) is 14.8 Å². The zero-order valence-corrected chi connectivity index (χ0v) is 12.9. The van der Waals surface area contributed by atoms with Crippen LogP contribution in [0, 0.1) is 4.77 Å². The number of halogens is 2. The van der Waals surface area contributed by atoms with Crippen molar-refractivity contribution in [1.29, 1.82) is 0 Å². The molecule has 20 heavy (non-hydrogen) atoms. The molecule has 0 aliphatic rings. The van der Waals surface area contributed by atoms with E-state index in [1.54, 1.807) is 18.5 Å². The van der Waals surface area contributed by atoms with Gasteiger partial charge in [0, 0.05) is 16.2 Å². The Labute approximate surface area is 131 Å². The number of rotatable bonds is 2. The van der Waals surface area contributed by atoms with E-state index in [2.05, 4.69) is 16.9 Å². The van der Waals surface area contributed by atoms with E-state index in [-0.39, 0.29) is 6.04 Å². The summed E-state index contributed by atoms with van der Waals surface area (Å²) in [5, 5.41) is 1.26. The normalized spacial score (nSPS) is 12.8. The van der Waals surface area contributed by atoms with Gasteiger partial charge in [0.15, 0.2) is 4.77 Å². The maximum atomic E-state index is 6.29. The number of aromatic amines is 1. The predicted octanol–water partition coefficient (Wildman–Crippen LogP) is 5.01. The van der Waals surface area contributed by atoms with Gasteiger partial charge in [-0.3, -0.25) is 4.98 Å². The van der Waals surface area contributed by atoms with Crippen LogP contribution in [-0.4, -0.2) is 14.5 Å². The van der Waals surface area contributed by atoms with E-state index in [4.69, 9.17) is 35.4 Å². The van der Waals surface area contributed by atoms with Crippen LogP contribution in [0.5, 0.6) is 0 Å². The highest BCUT2D eigenvalue weighted by Gasteiger charge is 2.15. The van der Waals surface area contributed by atoms with Gasteiger partial charge in [0.05, 0.1) is 23.3 Å². The van der Waals surface area contributed by atoms with Crippen LogP contribution in [0.25, 0.3) is 11.0 Å². The summed E-state index contributed by atoms with van der Waals surface area (Å²) in [6, 6.07) is 7.44. The Bertz CT molecular complexity index is 838. The summed E-state index contributed by atoms with van der Waals surface area (Å²) >= 11 is 17.6. The first-order valence-corrected chi connectivity index (χ1v) is 7.23. The molecule has 0 bridgehead atoms. The van der Waals surface area contributed by atoms with Crippen molar-refractivity contribution in [2.45, 2.75) is 13.0 Å². The van der Waals surface area contributed by atoms with Crippen LogP contribution in [0.4, 0.5) is 0 Å². The molecule has 102 valence electrons. The average molecular weight is 324 g/mol. The summed E-state index contributed by atoms with van der Waals surface area (Å²) in [5.74, 6) is 0. The number of benzene rings is 1. The molecule has 0 saturated heterocycles. The Kier molecular flexibility index (Phi) is 3.54. The van der Waals surface area contributed by atoms with Crippen molar-refractivity contribution in [3.05, 3.63) is 57.0 Å². The number of hydrogen-bond acceptors (Lipinski definition) is 2. The summed E-state index contributed by atoms with van der Waals surface area (Å²) in [6.07, 6.45) is 3.51. The van der Waals surface area contributed by atoms with Crippen LogP contribution in [-0.2, 0) is 0 Å². The molecule has 6 heteroatoms. The second kappa shape index (κ2) is 5.20. The number of nitrogens with zero attached hydrogens (tertiary/aromatic N) is 2. The van der Waals surface area contributed by atoms with Gasteiger partial charge in [-0.05, 0) is 42.9 Å². The zero-order valence-electron chi connectivity index (χ0n) is 10.6. The van der Waals surface area contributed by atoms with E-state index in [1.807, 2.05) is 22.8 Å². The van der Waals surface area contributed by atoms with Crippen molar-refractivity contribution in [1.82, 2.24) is 14.5 Å². The Morgan fingerprint density at radius 1 is 1.30 bits per heavy atom. The summed E-state index contributed by atoms with van der Waals surface area (Å²) in [4.78, 5) is 7.25. The molecule has 0 saturated carbocycles. The van der Waals surface area contributed by atoms with E-state index < -0.39 is 0 Å². The minimum absolute atomic E-state index is 0.00316. The molecule has 0 radical (unpaired) electrons. The van der Waals surface area contributed by atoms with E-state index in [0.717, 1.165) is 16.6 Å². The van der Waals surface area contributed by atoms with Gasteiger partial charge in [-0.15, -0.1) is 0 Å². The fourth-order valence-electron chi connectivity index (χ4n) is 2.34. The summed E-state index contributed by atoms with van der Waals surface area (Å²) < 4.78 is 2.67. The van der Waals surface area contributed by atoms with Crippen LogP contribution in [0.3, 0.4) is 0 Å². The summed E-state index contributed by atoms with van der Waals surface area (Å²) in [5.41, 5.74) is 2.89. The van der Waals surface area contributed by atoms with Gasteiger partial charge in [0.2, 0.25) is 0 Å². The summed E-state index contributed by atoms with van der Waals surface area (Å²) in [7, 11) is 0. The van der Waals surface area contributed by atoms with E-state index in [9.17, 15) is 0 Å². The minimum Gasteiger partial charge on any atom is -0.329 e. The second-order valence-corrected chi connectivity index (χ2v) is 5.77. The lowest BCUT2D eigenvalue weighted by molar-refractivity contribution is 0.649. The monoisotopic (exact) mass is 323 g/mol. The highest BCUT2D eigenvalue weighted by Crippen LogP contribution is 2.30. The molecular formula is C14H11Cl2N3S. The number of H-pyrrole nitrogens is 1. The topological polar surface area (TPSA) is 33.6 Å². The van der Waals surface area contributed by atoms with Crippen molar-refractivity contribution in [3.63, 3.8) is 0 Å². The third-order valence-electron chi connectivity index (χ3n) is 3.32. The first-order valence-electron chi connectivity index (χ1n) is 6.07. The number of nitrogens with one attached hydrogen (secondary N) is 1. The Morgan fingerprint density at radius 2 is 2.10 bits per heavy atom. The second-order valence-electron chi connectivity index (χ2n) is 4.53. The van der Waals surface area contributed by atoms with Crippen LogP contribution in [0.2, 0.25) is 10.0 Å². The van der Waals surface area contributed by atoms with Gasteiger partial charge in [-0.25, -0.2) is 0 Å². The highest BCUT2D eigenvalue weighted by molar-refractivity contribution is 7.71. The molecular weight excluding hydrogens is 313 g/mol. The first kappa shape index (κ1) is 13.6. The maximum absolute atomic E-state index is 6.29. The molecule has 0 aliphatic heterocycles. The number of imidazole rings is 1. The van der Waals surface area contributed by atoms with Crippen LogP contribution in [0.1, 0.15) is 18.5 Å². The van der Waals surface area contributed by atoms with Crippen LogP contribution < -0.4 is 0 Å². The Hall–Kier alpha value is -1.36. The molecule has 0 spiro atoms. The lowest BCUT2D eigenvalue weighted by Crippen LogP contribution is -2.07. The third kappa shape index (κ3) is 2.24. The highest BCUT2D eigenvalue weighted by atomic mass is 35.5. The van der Waals surface area contributed by atoms with Gasteiger partial charge in [-0.1, -0.05) is 29.3 Å². The molecule has 0 amide bonds. The van der Waals surface area contributed by atoms with Gasteiger partial charge in [0.1, 0.15) is 0 Å². The maximum Gasteiger partial charge on any atom is 0.178 e. The van der Waals surface area contributed by atoms with Gasteiger partial charge < -0.3 is 9.55 Å². The molecule has 0 fully saturated rings. The number of fused-ring (bicyclic) bond motifs is 1. The number of pyridine rings is 1. The fourth-order valence-corrected chi connectivity index (χ4v) is 3.28. The summed E-state index contributed by atoms with van der Waals surface area (Å²) in [6.45, 7) is 2.05. The Morgan fingerprint density at radius 3 is 2.85 bits per heavy atom. The third-order valence-corrected chi connectivity index (χ3v) is 4.18. The molecule has 3 aromatic rings. The van der Waals surface area contributed by atoms with Crippen molar-refractivity contribution in [3.8, 4) is 0 Å². The van der Waals surface area contributed by atoms with Gasteiger partial charge in [0.25, 0.3) is 0 Å². The molecule has 2 heterocycles. The van der Waals surface area contributed by atoms with E-state index in [1.165, 1.54) is 0 Å². The molecule has 1 N–H and O–H groups in total. The molecule has 2 aromatic heterocycles. The van der Waals surface area contributed by atoms with Crippen LogP contribution in [0.15, 0.2) is 36.7 Å². The zero-order chi connectivity index (χ0) is 14.3. The molecule has 3 nitrogen and oxygen atoms in total. The quantitative estimate of drug-likeness (QED) is 0.672. The average Bonchev–Trinajstić information content (AvgIpc) is 2.73. The number of hydrogen-bond donors (Lipinski definition) is 1. The van der Waals surface area contributed by atoms with E-state index >= 15 is 0 Å². The van der Waals surface area contributed by atoms with Gasteiger partial charge >= 0.3 is 0 Å². The molecule has 3 rings (SSSR count). The Balaban J connectivity index is 2.20. The lowest BCUT2D eigenvalue weighted by Gasteiger charge is -2.16. The minimum atomic E-state index is 0.00316. The van der Waals surface area contributed by atoms with Crippen molar-refractivity contribution >= 4 is 46.5 Å². The number of aromatic nitrogens is 3.